The van der Waals surface area contributed by atoms with Gasteiger partial charge in [0.2, 0.25) is 0 Å². The smallest absolute Gasteiger partial charge is 0.307 e. The molecule has 0 radical (unpaired) electrons. The predicted octanol–water partition coefficient (Wildman–Crippen LogP) is 1.67. The maximum absolute atomic E-state index is 12.8. The summed E-state index contributed by atoms with van der Waals surface area (Å²) in [4.78, 5) is 30.1. The van der Waals surface area contributed by atoms with Crippen LogP contribution in [0, 0.1) is 25.2 Å². The van der Waals surface area contributed by atoms with Gasteiger partial charge in [-0.3, -0.25) is 9.59 Å². The van der Waals surface area contributed by atoms with Gasteiger partial charge in [0, 0.05) is 25.4 Å². The van der Waals surface area contributed by atoms with Crippen molar-refractivity contribution < 1.29 is 14.7 Å². The molecule has 126 valence electrons. The fourth-order valence-electron chi connectivity index (χ4n) is 3.95. The van der Waals surface area contributed by atoms with Crippen LogP contribution in [-0.4, -0.2) is 49.6 Å². The van der Waals surface area contributed by atoms with Gasteiger partial charge in [0.1, 0.15) is 0 Å². The van der Waals surface area contributed by atoms with Gasteiger partial charge in [-0.15, -0.1) is 0 Å². The molecule has 1 unspecified atom stereocenters. The average molecular weight is 328 g/mol. The van der Waals surface area contributed by atoms with Gasteiger partial charge in [0.15, 0.2) is 5.65 Å². The van der Waals surface area contributed by atoms with E-state index in [-0.39, 0.29) is 17.2 Å². The number of piperidine rings is 1. The Morgan fingerprint density at radius 3 is 2.62 bits per heavy atom. The Balaban J connectivity index is 1.53. The first kappa shape index (κ1) is 15.1. The van der Waals surface area contributed by atoms with Crippen LogP contribution in [0.25, 0.3) is 5.65 Å². The predicted molar refractivity (Wildman–Crippen MR) is 85.8 cm³/mol. The third-order valence-corrected chi connectivity index (χ3v) is 5.61. The molecule has 7 nitrogen and oxygen atoms in total. The van der Waals surface area contributed by atoms with E-state index in [0.29, 0.717) is 18.7 Å². The zero-order chi connectivity index (χ0) is 17.1. The number of carbonyl (C=O) groups excluding carboxylic acids is 1. The van der Waals surface area contributed by atoms with E-state index in [1.165, 1.54) is 0 Å². The zero-order valence-electron chi connectivity index (χ0n) is 13.8. The zero-order valence-corrected chi connectivity index (χ0v) is 13.8. The molecule has 1 saturated carbocycles. The van der Waals surface area contributed by atoms with Crippen LogP contribution in [0.5, 0.6) is 0 Å². The minimum Gasteiger partial charge on any atom is -0.481 e. The second-order valence-corrected chi connectivity index (χ2v) is 7.06. The molecule has 0 aromatic carbocycles. The monoisotopic (exact) mass is 328 g/mol. The lowest BCUT2D eigenvalue weighted by Crippen LogP contribution is -2.40. The summed E-state index contributed by atoms with van der Waals surface area (Å²) in [5.74, 6) is -0.965. The molecular weight excluding hydrogens is 308 g/mol. The highest BCUT2D eigenvalue weighted by atomic mass is 16.4. The van der Waals surface area contributed by atoms with Crippen molar-refractivity contribution in [1.29, 1.82) is 0 Å². The average Bonchev–Trinajstić information content (AvgIpc) is 3.11. The van der Waals surface area contributed by atoms with Crippen molar-refractivity contribution in [2.75, 3.05) is 13.1 Å². The third-order valence-electron chi connectivity index (χ3n) is 5.61. The summed E-state index contributed by atoms with van der Waals surface area (Å²) >= 11 is 0. The van der Waals surface area contributed by atoms with Crippen LogP contribution in [0.4, 0.5) is 0 Å². The first-order valence-electron chi connectivity index (χ1n) is 8.25. The number of carbonyl (C=O) groups is 2. The standard InChI is InChI=1S/C17H20N4O3/c1-10-7-14-18-9-12(11(2)21(14)19-10)15(22)20-5-3-17(4-6-20)8-13(17)16(23)24/h7,9,13H,3-6,8H2,1-2H3,(H,23,24). The van der Waals surface area contributed by atoms with Gasteiger partial charge < -0.3 is 10.0 Å². The number of aliphatic carboxylic acids is 1. The molecule has 24 heavy (non-hydrogen) atoms. The normalized spacial score (nSPS) is 22.1. The van der Waals surface area contributed by atoms with Crippen LogP contribution >= 0.6 is 0 Å². The highest BCUT2D eigenvalue weighted by Crippen LogP contribution is 2.59. The van der Waals surface area contributed by atoms with Gasteiger partial charge in [-0.05, 0) is 38.5 Å². The lowest BCUT2D eigenvalue weighted by Gasteiger charge is -2.32. The largest absolute Gasteiger partial charge is 0.481 e. The third kappa shape index (κ3) is 2.18. The number of hydrogen-bond donors (Lipinski definition) is 1. The Morgan fingerprint density at radius 1 is 1.29 bits per heavy atom. The maximum atomic E-state index is 12.8. The van der Waals surface area contributed by atoms with Crippen LogP contribution in [0.1, 0.15) is 41.0 Å². The van der Waals surface area contributed by atoms with Crippen LogP contribution in [-0.2, 0) is 4.79 Å². The molecule has 7 heteroatoms. The molecule has 1 spiro atoms. The molecule has 3 heterocycles. The molecule has 2 aliphatic rings. The van der Waals surface area contributed by atoms with E-state index >= 15 is 0 Å². The van der Waals surface area contributed by atoms with E-state index in [4.69, 9.17) is 5.11 Å². The molecule has 1 N–H and O–H groups in total. The Labute approximate surface area is 139 Å². The number of likely N-dealkylation sites (tertiary alicyclic amines) is 1. The SMILES string of the molecule is Cc1cc2ncc(C(=O)N3CCC4(CC3)CC4C(=O)O)c(C)n2n1. The molecule has 0 bridgehead atoms. The minimum atomic E-state index is -0.700. The van der Waals surface area contributed by atoms with Gasteiger partial charge in [0.25, 0.3) is 5.91 Å². The van der Waals surface area contributed by atoms with Crippen molar-refractivity contribution in [1.82, 2.24) is 19.5 Å². The summed E-state index contributed by atoms with van der Waals surface area (Å²) in [7, 11) is 0. The summed E-state index contributed by atoms with van der Waals surface area (Å²) in [6.07, 6.45) is 3.91. The Bertz CT molecular complexity index is 849. The first-order chi connectivity index (χ1) is 11.4. The highest BCUT2D eigenvalue weighted by molar-refractivity contribution is 5.95. The Morgan fingerprint density at radius 2 is 2.00 bits per heavy atom. The van der Waals surface area contributed by atoms with E-state index in [1.54, 1.807) is 10.7 Å². The van der Waals surface area contributed by atoms with E-state index in [2.05, 4.69) is 10.1 Å². The van der Waals surface area contributed by atoms with Crippen LogP contribution < -0.4 is 0 Å². The van der Waals surface area contributed by atoms with E-state index in [0.717, 1.165) is 36.3 Å². The summed E-state index contributed by atoms with van der Waals surface area (Å²) < 4.78 is 1.70. The van der Waals surface area contributed by atoms with Crippen LogP contribution in [0.15, 0.2) is 12.3 Å². The number of carboxylic acids is 1. The van der Waals surface area contributed by atoms with E-state index < -0.39 is 5.97 Å². The number of nitrogens with zero attached hydrogens (tertiary/aromatic N) is 4. The van der Waals surface area contributed by atoms with Crippen molar-refractivity contribution in [3.05, 3.63) is 29.2 Å². The molecule has 2 aromatic rings. The number of hydrogen-bond acceptors (Lipinski definition) is 4. The van der Waals surface area contributed by atoms with E-state index in [1.807, 2.05) is 24.8 Å². The second-order valence-electron chi connectivity index (χ2n) is 7.06. The number of aromatic nitrogens is 3. The molecule has 1 aliphatic heterocycles. The quantitative estimate of drug-likeness (QED) is 0.906. The maximum Gasteiger partial charge on any atom is 0.307 e. The number of fused-ring (bicyclic) bond motifs is 1. The van der Waals surface area contributed by atoms with Crippen molar-refractivity contribution in [2.24, 2.45) is 11.3 Å². The molecule has 4 rings (SSSR count). The van der Waals surface area contributed by atoms with Crippen molar-refractivity contribution >= 4 is 17.5 Å². The van der Waals surface area contributed by atoms with Gasteiger partial charge in [-0.25, -0.2) is 9.50 Å². The molecule has 1 saturated heterocycles. The van der Waals surface area contributed by atoms with Crippen molar-refractivity contribution in [3.63, 3.8) is 0 Å². The number of amides is 1. The van der Waals surface area contributed by atoms with Gasteiger partial charge >= 0.3 is 5.97 Å². The summed E-state index contributed by atoms with van der Waals surface area (Å²) in [5, 5.41) is 13.5. The fraction of sp³-hybridized carbons (Fsp3) is 0.529. The topological polar surface area (TPSA) is 87.8 Å². The van der Waals surface area contributed by atoms with Crippen molar-refractivity contribution in [3.8, 4) is 0 Å². The highest BCUT2D eigenvalue weighted by Gasteiger charge is 2.59. The van der Waals surface area contributed by atoms with Gasteiger partial charge in [-0.2, -0.15) is 5.10 Å². The second kappa shape index (κ2) is 5.03. The summed E-state index contributed by atoms with van der Waals surface area (Å²) in [6.45, 7) is 4.99. The first-order valence-corrected chi connectivity index (χ1v) is 8.25. The molecule has 1 aliphatic carbocycles. The van der Waals surface area contributed by atoms with Gasteiger partial charge in [-0.1, -0.05) is 0 Å². The number of carboxylic acid groups (broad SMARTS) is 1. The molecule has 2 fully saturated rings. The van der Waals surface area contributed by atoms with Gasteiger partial charge in [0.05, 0.1) is 22.9 Å². The van der Waals surface area contributed by atoms with Crippen molar-refractivity contribution in [2.45, 2.75) is 33.1 Å². The number of rotatable bonds is 2. The lowest BCUT2D eigenvalue weighted by atomic mass is 9.90. The van der Waals surface area contributed by atoms with Crippen LogP contribution in [0.2, 0.25) is 0 Å². The Hall–Kier alpha value is -2.44. The van der Waals surface area contributed by atoms with E-state index in [9.17, 15) is 9.59 Å². The molecule has 1 amide bonds. The summed E-state index contributed by atoms with van der Waals surface area (Å²) in [5.41, 5.74) is 2.88. The summed E-state index contributed by atoms with van der Waals surface area (Å²) in [6, 6.07) is 1.88. The fourth-order valence-corrected chi connectivity index (χ4v) is 3.95. The molecular formula is C17H20N4O3. The molecule has 2 aromatic heterocycles. The lowest BCUT2D eigenvalue weighted by molar-refractivity contribution is -0.139. The number of aryl methyl sites for hydroxylation is 2. The molecule has 1 atom stereocenters. The Kier molecular flexibility index (Phi) is 3.16. The minimum absolute atomic E-state index is 0.0440. The van der Waals surface area contributed by atoms with Crippen LogP contribution in [0.3, 0.4) is 0 Å².